The van der Waals surface area contributed by atoms with Crippen LogP contribution in [0.4, 0.5) is 5.69 Å². The Labute approximate surface area is 142 Å². The van der Waals surface area contributed by atoms with Gasteiger partial charge in [0, 0.05) is 23.9 Å². The molecule has 1 aromatic heterocycles. The maximum absolute atomic E-state index is 11.9. The monoisotopic (exact) mass is 343 g/mol. The first-order valence-electron chi connectivity index (χ1n) is 8.14. The predicted octanol–water partition coefficient (Wildman–Crippen LogP) is 3.18. The van der Waals surface area contributed by atoms with Gasteiger partial charge in [0.1, 0.15) is 15.9 Å². The summed E-state index contributed by atoms with van der Waals surface area (Å²) in [5, 5.41) is 13.5. The number of anilines is 1. The quantitative estimate of drug-likeness (QED) is 0.925. The summed E-state index contributed by atoms with van der Waals surface area (Å²) in [6.45, 7) is 1.99. The number of aryl methyl sites for hydroxylation is 1. The first-order chi connectivity index (χ1) is 11.4. The number of rotatable bonds is 3. The van der Waals surface area contributed by atoms with Crippen molar-refractivity contribution in [3.8, 4) is 6.07 Å². The smallest absolute Gasteiger partial charge is 0.150 e. The zero-order chi connectivity index (χ0) is 17.3. The van der Waals surface area contributed by atoms with Crippen molar-refractivity contribution in [1.82, 2.24) is 4.98 Å². The number of hydrogen-bond donors (Lipinski definition) is 1. The van der Waals surface area contributed by atoms with Gasteiger partial charge < -0.3 is 5.32 Å². The summed E-state index contributed by atoms with van der Waals surface area (Å²) in [5.74, 6) is 0. The normalized spacial score (nSPS) is 21.4. The summed E-state index contributed by atoms with van der Waals surface area (Å²) >= 11 is 0. The topological polar surface area (TPSA) is 82.9 Å². The van der Waals surface area contributed by atoms with Crippen LogP contribution >= 0.6 is 0 Å². The molecule has 1 saturated carbocycles. The summed E-state index contributed by atoms with van der Waals surface area (Å²) in [6.07, 6.45) is 5.99. The molecule has 0 aliphatic heterocycles. The Morgan fingerprint density at radius 2 is 2.12 bits per heavy atom. The molecule has 0 spiro atoms. The Morgan fingerprint density at radius 3 is 2.83 bits per heavy atom. The molecule has 5 nitrogen and oxygen atoms in total. The third-order valence-corrected chi connectivity index (χ3v) is 6.44. The maximum atomic E-state index is 11.9. The molecule has 1 aliphatic carbocycles. The van der Waals surface area contributed by atoms with E-state index in [0.29, 0.717) is 12.0 Å². The number of nitriles is 1. The zero-order valence-electron chi connectivity index (χ0n) is 13.9. The minimum Gasteiger partial charge on any atom is -0.381 e. The Balaban J connectivity index is 1.98. The van der Waals surface area contributed by atoms with Gasteiger partial charge in [0.2, 0.25) is 0 Å². The van der Waals surface area contributed by atoms with Gasteiger partial charge in [-0.3, -0.25) is 4.98 Å². The van der Waals surface area contributed by atoms with Crippen molar-refractivity contribution in [3.05, 3.63) is 35.5 Å². The second-order valence-electron chi connectivity index (χ2n) is 6.59. The molecule has 3 rings (SSSR count). The van der Waals surface area contributed by atoms with E-state index in [1.165, 1.54) is 6.26 Å². The van der Waals surface area contributed by atoms with Gasteiger partial charge in [-0.05, 0) is 31.7 Å². The molecule has 2 aromatic rings. The van der Waals surface area contributed by atoms with Crippen LogP contribution in [0.2, 0.25) is 0 Å². The molecule has 1 fully saturated rings. The lowest BCUT2D eigenvalue weighted by atomic mass is 9.94. The van der Waals surface area contributed by atoms with Crippen molar-refractivity contribution in [2.75, 3.05) is 11.6 Å². The molecule has 0 radical (unpaired) electrons. The van der Waals surface area contributed by atoms with Gasteiger partial charge in [-0.2, -0.15) is 5.26 Å². The van der Waals surface area contributed by atoms with E-state index in [-0.39, 0.29) is 11.3 Å². The number of sulfone groups is 1. The molecular weight excluding hydrogens is 322 g/mol. The Morgan fingerprint density at radius 1 is 1.33 bits per heavy atom. The SMILES string of the molecule is Cc1cccc2c(N[C@@H]3CCC[C@@H](S(C)(=O)=O)C3)c(C#N)cnc12. The standard InChI is InChI=1S/C18H21N3O2S/c1-12-5-3-8-16-17(12)20-11-13(10-19)18(16)21-14-6-4-7-15(9-14)24(2,22)23/h3,5,8,11,14-15H,4,6-7,9H2,1-2H3,(H,20,21)/t14-,15-/m1/s1. The van der Waals surface area contributed by atoms with Crippen LogP contribution in [0.25, 0.3) is 10.9 Å². The number of nitrogens with zero attached hydrogens (tertiary/aromatic N) is 2. The molecule has 0 saturated heterocycles. The number of nitrogens with one attached hydrogen (secondary N) is 1. The highest BCUT2D eigenvalue weighted by atomic mass is 32.2. The van der Waals surface area contributed by atoms with Crippen LogP contribution < -0.4 is 5.32 Å². The molecule has 1 aromatic carbocycles. The number of benzene rings is 1. The van der Waals surface area contributed by atoms with Gasteiger partial charge >= 0.3 is 0 Å². The second-order valence-corrected chi connectivity index (χ2v) is 8.91. The molecule has 6 heteroatoms. The Kier molecular flexibility index (Phi) is 4.46. The number of aromatic nitrogens is 1. The highest BCUT2D eigenvalue weighted by molar-refractivity contribution is 7.91. The average molecular weight is 343 g/mol. The van der Waals surface area contributed by atoms with Crippen molar-refractivity contribution in [2.45, 2.75) is 43.9 Å². The second kappa shape index (κ2) is 6.40. The van der Waals surface area contributed by atoms with Gasteiger partial charge in [0.15, 0.2) is 0 Å². The molecule has 1 aliphatic rings. The van der Waals surface area contributed by atoms with Crippen LogP contribution in [0.5, 0.6) is 0 Å². The molecule has 0 amide bonds. The predicted molar refractivity (Wildman–Crippen MR) is 95.7 cm³/mol. The van der Waals surface area contributed by atoms with Gasteiger partial charge in [0.25, 0.3) is 0 Å². The average Bonchev–Trinajstić information content (AvgIpc) is 2.55. The lowest BCUT2D eigenvalue weighted by molar-refractivity contribution is 0.453. The van der Waals surface area contributed by atoms with E-state index in [0.717, 1.165) is 41.4 Å². The van der Waals surface area contributed by atoms with E-state index in [9.17, 15) is 13.7 Å². The summed E-state index contributed by atoms with van der Waals surface area (Å²) in [5.41, 5.74) is 3.19. The number of pyridine rings is 1. The van der Waals surface area contributed by atoms with Gasteiger partial charge in [-0.25, -0.2) is 8.42 Å². The van der Waals surface area contributed by atoms with E-state index in [2.05, 4.69) is 16.4 Å². The zero-order valence-corrected chi connectivity index (χ0v) is 14.7. The van der Waals surface area contributed by atoms with Crippen LogP contribution in [0.3, 0.4) is 0 Å². The fraction of sp³-hybridized carbons (Fsp3) is 0.444. The summed E-state index contributed by atoms with van der Waals surface area (Å²) in [4.78, 5) is 4.40. The van der Waals surface area contributed by atoms with Crippen LogP contribution in [0, 0.1) is 18.3 Å². The fourth-order valence-corrected chi connectivity index (χ4v) is 4.66. The van der Waals surface area contributed by atoms with Gasteiger partial charge in [-0.1, -0.05) is 24.6 Å². The van der Waals surface area contributed by atoms with Crippen molar-refractivity contribution in [3.63, 3.8) is 0 Å². The molecular formula is C18H21N3O2S. The van der Waals surface area contributed by atoms with Crippen molar-refractivity contribution < 1.29 is 8.42 Å². The molecule has 0 bridgehead atoms. The Bertz CT molecular complexity index is 916. The number of para-hydroxylation sites is 1. The lowest BCUT2D eigenvalue weighted by Gasteiger charge is -2.30. The maximum Gasteiger partial charge on any atom is 0.150 e. The molecule has 2 atom stereocenters. The first kappa shape index (κ1) is 16.7. The minimum absolute atomic E-state index is 0.0525. The fourth-order valence-electron chi connectivity index (χ4n) is 3.48. The van der Waals surface area contributed by atoms with Crippen molar-refractivity contribution in [1.29, 1.82) is 5.26 Å². The lowest BCUT2D eigenvalue weighted by Crippen LogP contribution is -2.34. The van der Waals surface area contributed by atoms with E-state index in [1.54, 1.807) is 6.20 Å². The van der Waals surface area contributed by atoms with Gasteiger partial charge in [0.05, 0.1) is 22.0 Å². The van der Waals surface area contributed by atoms with Crippen LogP contribution in [0.1, 0.15) is 36.8 Å². The largest absolute Gasteiger partial charge is 0.381 e. The van der Waals surface area contributed by atoms with E-state index in [4.69, 9.17) is 0 Å². The molecule has 24 heavy (non-hydrogen) atoms. The van der Waals surface area contributed by atoms with Crippen LogP contribution in [-0.2, 0) is 9.84 Å². The number of fused-ring (bicyclic) bond motifs is 1. The third kappa shape index (κ3) is 3.22. The Hall–Kier alpha value is -2.13. The molecule has 1 heterocycles. The van der Waals surface area contributed by atoms with Crippen LogP contribution in [0.15, 0.2) is 24.4 Å². The van der Waals surface area contributed by atoms with Crippen molar-refractivity contribution >= 4 is 26.4 Å². The van der Waals surface area contributed by atoms with E-state index >= 15 is 0 Å². The summed E-state index contributed by atoms with van der Waals surface area (Å²) < 4.78 is 23.7. The molecule has 126 valence electrons. The van der Waals surface area contributed by atoms with Gasteiger partial charge in [-0.15, -0.1) is 0 Å². The van der Waals surface area contributed by atoms with Crippen LogP contribution in [-0.4, -0.2) is 30.9 Å². The van der Waals surface area contributed by atoms with Crippen molar-refractivity contribution in [2.24, 2.45) is 0 Å². The number of hydrogen-bond acceptors (Lipinski definition) is 5. The summed E-state index contributed by atoms with van der Waals surface area (Å²) in [7, 11) is -3.03. The third-order valence-electron chi connectivity index (χ3n) is 4.80. The highest BCUT2D eigenvalue weighted by Crippen LogP contribution is 2.32. The highest BCUT2D eigenvalue weighted by Gasteiger charge is 2.29. The van der Waals surface area contributed by atoms with E-state index < -0.39 is 9.84 Å². The molecule has 1 N–H and O–H groups in total. The first-order valence-corrected chi connectivity index (χ1v) is 10.1. The van der Waals surface area contributed by atoms with E-state index in [1.807, 2.05) is 25.1 Å². The molecule has 0 unspecified atom stereocenters. The summed E-state index contributed by atoms with van der Waals surface area (Å²) in [6, 6.07) is 8.14. The minimum atomic E-state index is -3.03.